The lowest BCUT2D eigenvalue weighted by atomic mass is 10.1. The lowest BCUT2D eigenvalue weighted by Crippen LogP contribution is -2.28. The summed E-state index contributed by atoms with van der Waals surface area (Å²) in [5.41, 5.74) is 0.253. The molecule has 1 aromatic rings. The van der Waals surface area contributed by atoms with Crippen molar-refractivity contribution >= 4 is 23.3 Å². The monoisotopic (exact) mass is 260 g/mol. The van der Waals surface area contributed by atoms with Crippen molar-refractivity contribution in [2.45, 2.75) is 12.2 Å². The summed E-state index contributed by atoms with van der Waals surface area (Å²) in [6.07, 6.45) is -3.10. The van der Waals surface area contributed by atoms with E-state index in [9.17, 15) is 19.8 Å². The fourth-order valence-electron chi connectivity index (χ4n) is 1.14. The molecule has 0 aliphatic carbocycles. The summed E-state index contributed by atoms with van der Waals surface area (Å²) < 4.78 is 8.78. The van der Waals surface area contributed by atoms with Crippen molar-refractivity contribution in [1.29, 1.82) is 0 Å². The van der Waals surface area contributed by atoms with Crippen LogP contribution in [0.3, 0.4) is 0 Å². The summed E-state index contributed by atoms with van der Waals surface area (Å²) in [6.45, 7) is 0. The van der Waals surface area contributed by atoms with Crippen molar-refractivity contribution in [2.24, 2.45) is 0 Å². The van der Waals surface area contributed by atoms with Gasteiger partial charge >= 0.3 is 11.9 Å². The van der Waals surface area contributed by atoms with Gasteiger partial charge in [0.2, 0.25) is 0 Å². The van der Waals surface area contributed by atoms with Crippen molar-refractivity contribution in [1.82, 2.24) is 0 Å². The maximum Gasteiger partial charge on any atom is 0.338 e. The van der Waals surface area contributed by atoms with Crippen molar-refractivity contribution in [2.75, 3.05) is 14.2 Å². The Morgan fingerprint density at radius 2 is 1.94 bits per heavy atom. The molecule has 2 unspecified atom stereocenters. The molecule has 0 spiro atoms. The molecule has 2 atom stereocenters. The Bertz CT molecular complexity index is 413. The summed E-state index contributed by atoms with van der Waals surface area (Å²) in [5, 5.41) is 20.5. The molecule has 0 bridgehead atoms. The van der Waals surface area contributed by atoms with Crippen molar-refractivity contribution in [3.63, 3.8) is 0 Å². The number of thiophene rings is 1. The highest BCUT2D eigenvalue weighted by molar-refractivity contribution is 7.10. The molecular formula is C10H12O6S. The normalized spacial score (nSPS) is 13.9. The van der Waals surface area contributed by atoms with Gasteiger partial charge < -0.3 is 19.7 Å². The molecule has 0 aliphatic rings. The van der Waals surface area contributed by atoms with E-state index >= 15 is 0 Å². The van der Waals surface area contributed by atoms with Crippen LogP contribution in [0.1, 0.15) is 21.3 Å². The van der Waals surface area contributed by atoms with Crippen LogP contribution in [0, 0.1) is 0 Å². The molecule has 6 nitrogen and oxygen atoms in total. The highest BCUT2D eigenvalue weighted by Gasteiger charge is 2.28. The van der Waals surface area contributed by atoms with E-state index < -0.39 is 24.1 Å². The molecule has 1 rings (SSSR count). The topological polar surface area (TPSA) is 93.1 Å². The number of esters is 2. The number of methoxy groups -OCH3 is 2. The molecule has 94 valence electrons. The molecule has 0 fully saturated rings. The predicted molar refractivity (Wildman–Crippen MR) is 58.6 cm³/mol. The maximum atomic E-state index is 11.2. The van der Waals surface area contributed by atoms with Gasteiger partial charge in [-0.25, -0.2) is 9.59 Å². The third-order valence-electron chi connectivity index (χ3n) is 2.07. The molecule has 0 radical (unpaired) electrons. The van der Waals surface area contributed by atoms with Gasteiger partial charge in [0.1, 0.15) is 6.10 Å². The standard InChI is InChI=1S/C10H12O6S/c1-15-9(13)5-3-6(17-4-5)7(11)8(12)10(14)16-2/h3-4,7-8,11-12H,1-2H3. The highest BCUT2D eigenvalue weighted by atomic mass is 32.1. The average molecular weight is 260 g/mol. The van der Waals surface area contributed by atoms with Gasteiger partial charge in [0, 0.05) is 10.3 Å². The van der Waals surface area contributed by atoms with Crippen molar-refractivity contribution < 1.29 is 29.3 Å². The maximum absolute atomic E-state index is 11.2. The van der Waals surface area contributed by atoms with Gasteiger partial charge in [-0.2, -0.15) is 0 Å². The number of aliphatic hydroxyl groups excluding tert-OH is 2. The zero-order valence-electron chi connectivity index (χ0n) is 9.25. The lowest BCUT2D eigenvalue weighted by Gasteiger charge is -2.13. The summed E-state index contributed by atoms with van der Waals surface area (Å²) in [6, 6.07) is 1.35. The van der Waals surface area contributed by atoms with E-state index in [4.69, 9.17) is 0 Å². The second-order valence-electron chi connectivity index (χ2n) is 3.14. The number of hydrogen-bond acceptors (Lipinski definition) is 7. The van der Waals surface area contributed by atoms with E-state index in [-0.39, 0.29) is 10.4 Å². The smallest absolute Gasteiger partial charge is 0.338 e. The minimum atomic E-state index is -1.68. The van der Waals surface area contributed by atoms with E-state index in [1.54, 1.807) is 0 Å². The minimum Gasteiger partial charge on any atom is -0.467 e. The highest BCUT2D eigenvalue weighted by Crippen LogP contribution is 2.25. The molecule has 0 aliphatic heterocycles. The van der Waals surface area contributed by atoms with Crippen LogP contribution in [0.5, 0.6) is 0 Å². The minimum absolute atomic E-state index is 0.253. The summed E-state index contributed by atoms with van der Waals surface area (Å²) in [5.74, 6) is -1.49. The molecule has 7 heteroatoms. The van der Waals surface area contributed by atoms with Crippen LogP contribution in [0.2, 0.25) is 0 Å². The first-order chi connectivity index (χ1) is 8.01. The Morgan fingerprint density at radius 1 is 1.29 bits per heavy atom. The molecule has 17 heavy (non-hydrogen) atoms. The number of hydrogen-bond donors (Lipinski definition) is 2. The van der Waals surface area contributed by atoms with E-state index in [0.29, 0.717) is 0 Å². The molecular weight excluding hydrogens is 248 g/mol. The molecule has 0 saturated heterocycles. The number of ether oxygens (including phenoxy) is 2. The number of carbonyl (C=O) groups excluding carboxylic acids is 2. The Kier molecular flexibility index (Phi) is 4.62. The largest absolute Gasteiger partial charge is 0.467 e. The van der Waals surface area contributed by atoms with Gasteiger partial charge in [-0.1, -0.05) is 0 Å². The van der Waals surface area contributed by atoms with E-state index in [1.165, 1.54) is 18.6 Å². The zero-order chi connectivity index (χ0) is 13.0. The van der Waals surface area contributed by atoms with Crippen LogP contribution in [0.25, 0.3) is 0 Å². The molecule has 1 heterocycles. The van der Waals surface area contributed by atoms with Gasteiger partial charge in [0.05, 0.1) is 19.8 Å². The van der Waals surface area contributed by atoms with Gasteiger partial charge in [0.15, 0.2) is 6.10 Å². The first-order valence-electron chi connectivity index (χ1n) is 4.62. The second-order valence-corrected chi connectivity index (χ2v) is 4.08. The quantitative estimate of drug-likeness (QED) is 0.746. The van der Waals surface area contributed by atoms with Gasteiger partial charge in [-0.05, 0) is 6.07 Å². The third kappa shape index (κ3) is 3.02. The first kappa shape index (κ1) is 13.6. The van der Waals surface area contributed by atoms with Crippen LogP contribution >= 0.6 is 11.3 Å². The fourth-order valence-corrected chi connectivity index (χ4v) is 2.03. The van der Waals surface area contributed by atoms with E-state index in [1.807, 2.05) is 0 Å². The average Bonchev–Trinajstić information content (AvgIpc) is 2.84. The Labute approximate surface area is 101 Å². The van der Waals surface area contributed by atoms with Crippen molar-refractivity contribution in [3.8, 4) is 0 Å². The van der Waals surface area contributed by atoms with Crippen LogP contribution in [-0.4, -0.2) is 42.5 Å². The van der Waals surface area contributed by atoms with Crippen molar-refractivity contribution in [3.05, 3.63) is 21.9 Å². The van der Waals surface area contributed by atoms with E-state index in [0.717, 1.165) is 18.4 Å². The summed E-state index contributed by atoms with van der Waals surface area (Å²) >= 11 is 1.04. The Balaban J connectivity index is 2.83. The number of rotatable bonds is 4. The number of aliphatic hydroxyl groups is 2. The lowest BCUT2D eigenvalue weighted by molar-refractivity contribution is -0.156. The summed E-state index contributed by atoms with van der Waals surface area (Å²) in [4.78, 5) is 22.4. The Morgan fingerprint density at radius 3 is 2.47 bits per heavy atom. The van der Waals surface area contributed by atoms with Gasteiger partial charge in [-0.15, -0.1) is 11.3 Å². The molecule has 0 saturated carbocycles. The fraction of sp³-hybridized carbons (Fsp3) is 0.400. The third-order valence-corrected chi connectivity index (χ3v) is 3.08. The van der Waals surface area contributed by atoms with Crippen LogP contribution in [0.4, 0.5) is 0 Å². The predicted octanol–water partition coefficient (Wildman–Crippen LogP) is 0.102. The Hall–Kier alpha value is -1.44. The van der Waals surface area contributed by atoms with Crippen LogP contribution in [0.15, 0.2) is 11.4 Å². The number of carbonyl (C=O) groups is 2. The van der Waals surface area contributed by atoms with Gasteiger partial charge in [-0.3, -0.25) is 0 Å². The molecule has 2 N–H and O–H groups in total. The van der Waals surface area contributed by atoms with E-state index in [2.05, 4.69) is 9.47 Å². The molecule has 1 aromatic heterocycles. The second kappa shape index (κ2) is 5.76. The van der Waals surface area contributed by atoms with Crippen LogP contribution < -0.4 is 0 Å². The zero-order valence-corrected chi connectivity index (χ0v) is 10.1. The SMILES string of the molecule is COC(=O)c1csc(C(O)C(O)C(=O)OC)c1. The van der Waals surface area contributed by atoms with Crippen LogP contribution in [-0.2, 0) is 14.3 Å². The van der Waals surface area contributed by atoms with Gasteiger partial charge in [0.25, 0.3) is 0 Å². The molecule has 0 aromatic carbocycles. The molecule has 0 amide bonds. The first-order valence-corrected chi connectivity index (χ1v) is 5.50. The summed E-state index contributed by atoms with van der Waals surface area (Å²) in [7, 11) is 2.34.